The molecule has 0 bridgehead atoms. The highest BCUT2D eigenvalue weighted by molar-refractivity contribution is 5.85. The van der Waals surface area contributed by atoms with Crippen molar-refractivity contribution in [1.29, 1.82) is 0 Å². The van der Waals surface area contributed by atoms with Crippen molar-refractivity contribution >= 4 is 12.4 Å². The zero-order chi connectivity index (χ0) is 13.7. The standard InChI is InChI=1S/C17H21NO.ClH/c1-13(2)19-17-8-6-15(7-9-17)16-5-3-4-14(12-16)10-11-18;/h3-9,12-13H,10-11,18H2,1-2H3;1H. The maximum absolute atomic E-state index is 5.65. The van der Waals surface area contributed by atoms with Crippen LogP contribution in [0.5, 0.6) is 5.75 Å². The smallest absolute Gasteiger partial charge is 0.119 e. The lowest BCUT2D eigenvalue weighted by Crippen LogP contribution is -2.05. The third kappa shape index (κ3) is 4.55. The summed E-state index contributed by atoms with van der Waals surface area (Å²) in [4.78, 5) is 0. The Kier molecular flexibility index (Phi) is 6.56. The van der Waals surface area contributed by atoms with Gasteiger partial charge in [-0.1, -0.05) is 36.4 Å². The fourth-order valence-corrected chi connectivity index (χ4v) is 2.07. The summed E-state index contributed by atoms with van der Waals surface area (Å²) in [5.74, 6) is 0.914. The van der Waals surface area contributed by atoms with Gasteiger partial charge in [0.2, 0.25) is 0 Å². The molecule has 0 spiro atoms. The lowest BCUT2D eigenvalue weighted by molar-refractivity contribution is 0.242. The van der Waals surface area contributed by atoms with Gasteiger partial charge in [0.1, 0.15) is 5.75 Å². The van der Waals surface area contributed by atoms with Crippen LogP contribution in [0, 0.1) is 0 Å². The number of ether oxygens (including phenoxy) is 1. The van der Waals surface area contributed by atoms with E-state index in [0.29, 0.717) is 6.54 Å². The van der Waals surface area contributed by atoms with Gasteiger partial charge in [0.15, 0.2) is 0 Å². The second kappa shape index (κ2) is 7.93. The Hall–Kier alpha value is -1.51. The molecule has 0 aliphatic carbocycles. The van der Waals surface area contributed by atoms with Crippen LogP contribution >= 0.6 is 12.4 Å². The quantitative estimate of drug-likeness (QED) is 0.901. The summed E-state index contributed by atoms with van der Waals surface area (Å²) < 4.78 is 5.65. The molecule has 2 N–H and O–H groups in total. The van der Waals surface area contributed by atoms with Crippen LogP contribution in [-0.4, -0.2) is 12.6 Å². The molecule has 0 amide bonds. The van der Waals surface area contributed by atoms with E-state index in [4.69, 9.17) is 10.5 Å². The van der Waals surface area contributed by atoms with Crippen LogP contribution < -0.4 is 10.5 Å². The van der Waals surface area contributed by atoms with Gasteiger partial charge in [-0.25, -0.2) is 0 Å². The zero-order valence-corrected chi connectivity index (χ0v) is 12.8. The first-order valence-corrected chi connectivity index (χ1v) is 6.75. The maximum Gasteiger partial charge on any atom is 0.119 e. The highest BCUT2D eigenvalue weighted by Crippen LogP contribution is 2.23. The summed E-state index contributed by atoms with van der Waals surface area (Å²) in [5, 5.41) is 0. The molecule has 0 heterocycles. The molecular weight excluding hydrogens is 270 g/mol. The SMILES string of the molecule is CC(C)Oc1ccc(-c2cccc(CCN)c2)cc1.Cl. The van der Waals surface area contributed by atoms with Crippen LogP contribution in [0.4, 0.5) is 0 Å². The number of halogens is 1. The summed E-state index contributed by atoms with van der Waals surface area (Å²) in [6, 6.07) is 16.8. The molecule has 20 heavy (non-hydrogen) atoms. The Labute approximate surface area is 127 Å². The molecule has 0 aliphatic rings. The van der Waals surface area contributed by atoms with Crippen molar-refractivity contribution in [3.63, 3.8) is 0 Å². The van der Waals surface area contributed by atoms with Gasteiger partial charge in [-0.05, 0) is 55.6 Å². The molecule has 2 aromatic rings. The van der Waals surface area contributed by atoms with E-state index in [0.717, 1.165) is 12.2 Å². The predicted molar refractivity (Wildman–Crippen MR) is 87.6 cm³/mol. The second-order valence-electron chi connectivity index (χ2n) is 4.93. The van der Waals surface area contributed by atoms with Crippen molar-refractivity contribution in [2.24, 2.45) is 5.73 Å². The van der Waals surface area contributed by atoms with Crippen LogP contribution in [0.2, 0.25) is 0 Å². The van der Waals surface area contributed by atoms with Crippen molar-refractivity contribution < 1.29 is 4.74 Å². The molecule has 0 atom stereocenters. The Bertz CT molecular complexity index is 523. The van der Waals surface area contributed by atoms with Crippen LogP contribution in [0.3, 0.4) is 0 Å². The molecule has 2 aromatic carbocycles. The van der Waals surface area contributed by atoms with E-state index in [2.05, 4.69) is 36.4 Å². The van der Waals surface area contributed by atoms with Crippen molar-refractivity contribution in [2.75, 3.05) is 6.54 Å². The lowest BCUT2D eigenvalue weighted by Gasteiger charge is -2.10. The van der Waals surface area contributed by atoms with Crippen molar-refractivity contribution in [2.45, 2.75) is 26.4 Å². The van der Waals surface area contributed by atoms with Gasteiger partial charge in [-0.2, -0.15) is 0 Å². The average molecular weight is 292 g/mol. The summed E-state index contributed by atoms with van der Waals surface area (Å²) in [5.41, 5.74) is 9.31. The first-order chi connectivity index (χ1) is 9.19. The monoisotopic (exact) mass is 291 g/mol. The van der Waals surface area contributed by atoms with Gasteiger partial charge in [-0.15, -0.1) is 12.4 Å². The van der Waals surface area contributed by atoms with Gasteiger partial charge < -0.3 is 10.5 Å². The highest BCUT2D eigenvalue weighted by Gasteiger charge is 2.01. The molecule has 0 saturated heterocycles. The van der Waals surface area contributed by atoms with Crippen molar-refractivity contribution in [3.05, 3.63) is 54.1 Å². The Balaban J connectivity index is 0.00000200. The van der Waals surface area contributed by atoms with Gasteiger partial charge in [0.25, 0.3) is 0 Å². The molecule has 0 aromatic heterocycles. The minimum atomic E-state index is 0. The number of rotatable bonds is 5. The van der Waals surface area contributed by atoms with E-state index in [1.807, 2.05) is 26.0 Å². The van der Waals surface area contributed by atoms with E-state index < -0.39 is 0 Å². The van der Waals surface area contributed by atoms with E-state index in [1.54, 1.807) is 0 Å². The fourth-order valence-electron chi connectivity index (χ4n) is 2.07. The van der Waals surface area contributed by atoms with Crippen LogP contribution in [0.1, 0.15) is 19.4 Å². The third-order valence-electron chi connectivity index (χ3n) is 2.92. The summed E-state index contributed by atoms with van der Waals surface area (Å²) >= 11 is 0. The van der Waals surface area contributed by atoms with Gasteiger partial charge >= 0.3 is 0 Å². The van der Waals surface area contributed by atoms with Crippen molar-refractivity contribution in [1.82, 2.24) is 0 Å². The summed E-state index contributed by atoms with van der Waals surface area (Å²) in [7, 11) is 0. The molecular formula is C17H22ClNO. The Morgan fingerprint density at radius 1 is 1.00 bits per heavy atom. The minimum Gasteiger partial charge on any atom is -0.491 e. The first kappa shape index (κ1) is 16.5. The van der Waals surface area contributed by atoms with E-state index >= 15 is 0 Å². The zero-order valence-electron chi connectivity index (χ0n) is 12.0. The average Bonchev–Trinajstić information content (AvgIpc) is 2.40. The van der Waals surface area contributed by atoms with Gasteiger partial charge in [0.05, 0.1) is 6.10 Å². The van der Waals surface area contributed by atoms with Crippen LogP contribution in [0.25, 0.3) is 11.1 Å². The number of hydrogen-bond donors (Lipinski definition) is 1. The number of benzene rings is 2. The fraction of sp³-hybridized carbons (Fsp3) is 0.294. The topological polar surface area (TPSA) is 35.2 Å². The Morgan fingerprint density at radius 2 is 1.70 bits per heavy atom. The summed E-state index contributed by atoms with van der Waals surface area (Å²) in [6.45, 7) is 4.75. The number of hydrogen-bond acceptors (Lipinski definition) is 2. The molecule has 2 rings (SSSR count). The molecule has 0 saturated carbocycles. The summed E-state index contributed by atoms with van der Waals surface area (Å²) in [6.07, 6.45) is 1.13. The van der Waals surface area contributed by atoms with Gasteiger partial charge in [-0.3, -0.25) is 0 Å². The first-order valence-electron chi connectivity index (χ1n) is 6.75. The molecule has 0 radical (unpaired) electrons. The third-order valence-corrected chi connectivity index (χ3v) is 2.92. The van der Waals surface area contributed by atoms with Crippen LogP contribution in [0.15, 0.2) is 48.5 Å². The molecule has 3 heteroatoms. The predicted octanol–water partition coefficient (Wildman–Crippen LogP) is 4.06. The van der Waals surface area contributed by atoms with E-state index in [1.165, 1.54) is 16.7 Å². The normalized spacial score (nSPS) is 10.2. The molecule has 0 unspecified atom stereocenters. The van der Waals surface area contributed by atoms with Crippen molar-refractivity contribution in [3.8, 4) is 16.9 Å². The minimum absolute atomic E-state index is 0. The Morgan fingerprint density at radius 3 is 2.30 bits per heavy atom. The van der Waals surface area contributed by atoms with E-state index in [9.17, 15) is 0 Å². The highest BCUT2D eigenvalue weighted by atomic mass is 35.5. The molecule has 0 aliphatic heterocycles. The largest absolute Gasteiger partial charge is 0.491 e. The molecule has 0 fully saturated rings. The second-order valence-corrected chi connectivity index (χ2v) is 4.93. The maximum atomic E-state index is 5.65. The van der Waals surface area contributed by atoms with Crippen LogP contribution in [-0.2, 0) is 6.42 Å². The number of nitrogens with two attached hydrogens (primary N) is 1. The lowest BCUT2D eigenvalue weighted by atomic mass is 10.0. The molecule has 2 nitrogen and oxygen atoms in total. The van der Waals surface area contributed by atoms with E-state index in [-0.39, 0.29) is 18.5 Å². The van der Waals surface area contributed by atoms with Gasteiger partial charge in [0, 0.05) is 0 Å². The molecule has 108 valence electrons.